The molecule has 200 valence electrons. The molecule has 0 aliphatic carbocycles. The molecule has 8 nitrogen and oxygen atoms in total. The first-order valence-electron chi connectivity index (χ1n) is 12.1. The number of ether oxygens (including phenoxy) is 1. The van der Waals surface area contributed by atoms with Gasteiger partial charge in [-0.15, -0.1) is 11.3 Å². The molecular formula is C28H26ClN5O3S2. The average Bonchev–Trinajstić information content (AvgIpc) is 3.39. The quantitative estimate of drug-likeness (QED) is 0.212. The molecule has 39 heavy (non-hydrogen) atoms. The number of rotatable bonds is 10. The molecule has 3 N–H and O–H groups in total. The van der Waals surface area contributed by atoms with Crippen LogP contribution in [0.1, 0.15) is 10.6 Å². The summed E-state index contributed by atoms with van der Waals surface area (Å²) in [4.78, 5) is 13.9. The normalized spacial score (nSPS) is 11.6. The van der Waals surface area contributed by atoms with Crippen LogP contribution in [-0.4, -0.2) is 41.9 Å². The zero-order valence-corrected chi connectivity index (χ0v) is 23.5. The van der Waals surface area contributed by atoms with Crippen molar-refractivity contribution in [3.05, 3.63) is 87.7 Å². The number of fused-ring (bicyclic) bond motifs is 1. The van der Waals surface area contributed by atoms with E-state index in [0.29, 0.717) is 47.6 Å². The van der Waals surface area contributed by atoms with Crippen LogP contribution in [0, 0.1) is 0 Å². The fraction of sp³-hybridized carbons (Fsp3) is 0.179. The highest BCUT2D eigenvalue weighted by Gasteiger charge is 2.13. The summed E-state index contributed by atoms with van der Waals surface area (Å²) in [5, 5.41) is 7.14. The summed E-state index contributed by atoms with van der Waals surface area (Å²) in [6.07, 6.45) is 1.22. The topological polar surface area (TPSA) is 120 Å². The summed E-state index contributed by atoms with van der Waals surface area (Å²) in [6.45, 7) is 1.30. The minimum atomic E-state index is -2.99. The molecule has 5 aromatic rings. The molecule has 2 aromatic heterocycles. The predicted molar refractivity (Wildman–Crippen MR) is 158 cm³/mol. The van der Waals surface area contributed by atoms with Gasteiger partial charge in [0.1, 0.15) is 33.0 Å². The van der Waals surface area contributed by atoms with Gasteiger partial charge < -0.3 is 15.8 Å². The Hall–Kier alpha value is -3.57. The van der Waals surface area contributed by atoms with Crippen LogP contribution in [-0.2, 0) is 23.0 Å². The predicted octanol–water partition coefficient (Wildman–Crippen LogP) is 5.37. The molecule has 0 bridgehead atoms. The number of anilines is 1. The van der Waals surface area contributed by atoms with Crippen LogP contribution in [0.3, 0.4) is 0 Å². The molecule has 3 aromatic carbocycles. The van der Waals surface area contributed by atoms with Gasteiger partial charge in [0, 0.05) is 41.2 Å². The third-order valence-corrected chi connectivity index (χ3v) is 8.02. The highest BCUT2D eigenvalue weighted by atomic mass is 35.5. The minimum Gasteiger partial charge on any atom is -0.487 e. The van der Waals surface area contributed by atoms with E-state index < -0.39 is 9.84 Å². The first-order valence-corrected chi connectivity index (χ1v) is 15.4. The van der Waals surface area contributed by atoms with Gasteiger partial charge in [0.2, 0.25) is 0 Å². The minimum absolute atomic E-state index is 0.0928. The Balaban J connectivity index is 1.31. The van der Waals surface area contributed by atoms with E-state index >= 15 is 0 Å². The molecule has 0 unspecified atom stereocenters. The molecule has 0 radical (unpaired) electrons. The van der Waals surface area contributed by atoms with Crippen LogP contribution < -0.4 is 15.8 Å². The van der Waals surface area contributed by atoms with E-state index in [2.05, 4.69) is 15.3 Å². The highest BCUT2D eigenvalue weighted by molar-refractivity contribution is 7.90. The van der Waals surface area contributed by atoms with Crippen LogP contribution in [0.5, 0.6) is 5.75 Å². The van der Waals surface area contributed by atoms with Crippen LogP contribution in [0.2, 0.25) is 5.02 Å². The maximum absolute atomic E-state index is 11.3. The molecule has 0 saturated carbocycles. The smallest absolute Gasteiger partial charge is 0.162 e. The Kier molecular flexibility index (Phi) is 8.08. The van der Waals surface area contributed by atoms with Gasteiger partial charge in [0.15, 0.2) is 5.82 Å². The Morgan fingerprint density at radius 2 is 1.79 bits per heavy atom. The van der Waals surface area contributed by atoms with Gasteiger partial charge in [-0.25, -0.2) is 23.4 Å². The fourth-order valence-electron chi connectivity index (χ4n) is 3.91. The molecule has 0 saturated heterocycles. The first-order chi connectivity index (χ1) is 18.7. The summed E-state index contributed by atoms with van der Waals surface area (Å²) in [7, 11) is -2.99. The number of nitrogens with one attached hydrogen (secondary N) is 1. The number of nitrogen functional groups attached to an aromatic ring is 1. The second-order valence-corrected chi connectivity index (χ2v) is 12.6. The standard InChI is InChI=1S/C28H26ClN5O3S2/c1-39(35,36)12-11-31-15-26-32-24(17-38-26)19-7-9-23-21(13-19)27(30)34-28(33-23)20-8-10-25(22(29)14-20)37-16-18-5-3-2-4-6-18/h2-10,13-14,17,31H,11-12,15-16H2,1H3,(H2,30,33,34). The zero-order valence-electron chi connectivity index (χ0n) is 21.1. The van der Waals surface area contributed by atoms with Crippen molar-refractivity contribution >= 4 is 49.5 Å². The van der Waals surface area contributed by atoms with Crippen molar-refractivity contribution in [3.8, 4) is 28.4 Å². The third kappa shape index (κ3) is 6.90. The van der Waals surface area contributed by atoms with E-state index in [1.54, 1.807) is 6.07 Å². The van der Waals surface area contributed by atoms with E-state index in [-0.39, 0.29) is 5.75 Å². The van der Waals surface area contributed by atoms with Gasteiger partial charge in [-0.3, -0.25) is 0 Å². The van der Waals surface area contributed by atoms with Gasteiger partial charge in [-0.1, -0.05) is 48.0 Å². The molecule has 5 rings (SSSR count). The van der Waals surface area contributed by atoms with Gasteiger partial charge in [-0.2, -0.15) is 0 Å². The number of aromatic nitrogens is 3. The number of halogens is 1. The number of nitrogens with zero attached hydrogens (tertiary/aromatic N) is 3. The van der Waals surface area contributed by atoms with E-state index in [1.165, 1.54) is 17.6 Å². The Morgan fingerprint density at radius 1 is 1.00 bits per heavy atom. The van der Waals surface area contributed by atoms with E-state index in [1.807, 2.05) is 66.0 Å². The lowest BCUT2D eigenvalue weighted by Gasteiger charge is -2.11. The largest absolute Gasteiger partial charge is 0.487 e. The number of nitrogens with two attached hydrogens (primary N) is 1. The number of sulfone groups is 1. The van der Waals surface area contributed by atoms with E-state index in [4.69, 9.17) is 27.1 Å². The average molecular weight is 580 g/mol. The van der Waals surface area contributed by atoms with Gasteiger partial charge in [0.25, 0.3) is 0 Å². The molecule has 11 heteroatoms. The van der Waals surface area contributed by atoms with Crippen molar-refractivity contribution in [1.82, 2.24) is 20.3 Å². The molecule has 2 heterocycles. The summed E-state index contributed by atoms with van der Waals surface area (Å²) >= 11 is 8.01. The van der Waals surface area contributed by atoms with E-state index in [9.17, 15) is 8.42 Å². The van der Waals surface area contributed by atoms with Gasteiger partial charge >= 0.3 is 0 Å². The van der Waals surface area contributed by atoms with E-state index in [0.717, 1.165) is 32.8 Å². The molecule has 0 fully saturated rings. The lowest BCUT2D eigenvalue weighted by atomic mass is 10.1. The third-order valence-electron chi connectivity index (χ3n) is 5.93. The Morgan fingerprint density at radius 3 is 2.56 bits per heavy atom. The number of hydrogen-bond donors (Lipinski definition) is 2. The summed E-state index contributed by atoms with van der Waals surface area (Å²) < 4.78 is 28.4. The van der Waals surface area contributed by atoms with Crippen LogP contribution in [0.15, 0.2) is 72.1 Å². The van der Waals surface area contributed by atoms with Crippen molar-refractivity contribution in [2.45, 2.75) is 13.2 Å². The van der Waals surface area contributed by atoms with Crippen LogP contribution >= 0.6 is 22.9 Å². The number of benzene rings is 3. The first kappa shape index (κ1) is 27.0. The second kappa shape index (κ2) is 11.7. The maximum Gasteiger partial charge on any atom is 0.162 e. The highest BCUT2D eigenvalue weighted by Crippen LogP contribution is 2.32. The molecule has 0 amide bonds. The molecule has 0 atom stereocenters. The van der Waals surface area contributed by atoms with Crippen molar-refractivity contribution < 1.29 is 13.2 Å². The van der Waals surface area contributed by atoms with Crippen molar-refractivity contribution in [2.75, 3.05) is 24.3 Å². The fourth-order valence-corrected chi connectivity index (χ4v) is 5.43. The number of thiazole rings is 1. The van der Waals surface area contributed by atoms with Gasteiger partial charge in [0.05, 0.1) is 22.0 Å². The Bertz CT molecular complexity index is 1730. The Labute approximate surface area is 235 Å². The lowest BCUT2D eigenvalue weighted by Crippen LogP contribution is -2.21. The molecule has 0 aliphatic heterocycles. The van der Waals surface area contributed by atoms with Crippen LogP contribution in [0.25, 0.3) is 33.5 Å². The van der Waals surface area contributed by atoms with Crippen molar-refractivity contribution in [3.63, 3.8) is 0 Å². The zero-order chi connectivity index (χ0) is 27.4. The summed E-state index contributed by atoms with van der Waals surface area (Å²) in [5.74, 6) is 1.50. The molecule has 0 aliphatic rings. The summed E-state index contributed by atoms with van der Waals surface area (Å²) in [6, 6.07) is 21.1. The van der Waals surface area contributed by atoms with Gasteiger partial charge in [-0.05, 0) is 35.9 Å². The molecule has 0 spiro atoms. The van der Waals surface area contributed by atoms with Crippen LogP contribution in [0.4, 0.5) is 5.82 Å². The monoisotopic (exact) mass is 579 g/mol. The van der Waals surface area contributed by atoms with Crippen molar-refractivity contribution in [1.29, 1.82) is 0 Å². The summed E-state index contributed by atoms with van der Waals surface area (Å²) in [5.41, 5.74) is 10.6. The second-order valence-electron chi connectivity index (χ2n) is 9.02. The number of hydrogen-bond acceptors (Lipinski definition) is 9. The maximum atomic E-state index is 11.3. The lowest BCUT2D eigenvalue weighted by molar-refractivity contribution is 0.306. The van der Waals surface area contributed by atoms with Crippen molar-refractivity contribution in [2.24, 2.45) is 0 Å². The molecular weight excluding hydrogens is 554 g/mol. The SMILES string of the molecule is CS(=O)(=O)CCNCc1nc(-c2ccc3nc(-c4ccc(OCc5ccccc5)c(Cl)c4)nc(N)c3c2)cs1.